The molecule has 0 bridgehead atoms. The van der Waals surface area contributed by atoms with Gasteiger partial charge < -0.3 is 26.0 Å². The van der Waals surface area contributed by atoms with E-state index < -0.39 is 5.91 Å². The highest BCUT2D eigenvalue weighted by molar-refractivity contribution is 6.30. The van der Waals surface area contributed by atoms with E-state index in [2.05, 4.69) is 26.8 Å². The Kier molecular flexibility index (Phi) is 9.04. The second kappa shape index (κ2) is 12.2. The Bertz CT molecular complexity index is 1520. The molecule has 0 aliphatic heterocycles. The van der Waals surface area contributed by atoms with Gasteiger partial charge in [-0.15, -0.1) is 12.4 Å². The molecule has 12 heteroatoms. The second-order valence-corrected chi connectivity index (χ2v) is 8.59. The third kappa shape index (κ3) is 6.27. The fourth-order valence-corrected chi connectivity index (χ4v) is 3.69. The van der Waals surface area contributed by atoms with E-state index in [9.17, 15) is 20.0 Å². The summed E-state index contributed by atoms with van der Waals surface area (Å²) in [6.07, 6.45) is 1.31. The first kappa shape index (κ1) is 28.1. The molecule has 0 radical (unpaired) electrons. The monoisotopic (exact) mass is 552 g/mol. The molecule has 4 rings (SSSR count). The summed E-state index contributed by atoms with van der Waals surface area (Å²) in [6.45, 7) is 2.06. The summed E-state index contributed by atoms with van der Waals surface area (Å²) in [4.78, 5) is 29.8. The third-order valence-corrected chi connectivity index (χ3v) is 5.52. The maximum Gasteiger partial charge on any atom is 0.295 e. The van der Waals surface area contributed by atoms with Crippen LogP contribution in [0.25, 0.3) is 22.4 Å². The summed E-state index contributed by atoms with van der Waals surface area (Å²) in [5.74, 6) is -1.31. The number of hydrogen-bond donors (Lipinski definition) is 4. The summed E-state index contributed by atoms with van der Waals surface area (Å²) in [6, 6.07) is 15.9. The van der Waals surface area contributed by atoms with Gasteiger partial charge in [0, 0.05) is 40.4 Å². The van der Waals surface area contributed by atoms with Gasteiger partial charge in [-0.2, -0.15) is 5.26 Å². The zero-order valence-electron chi connectivity index (χ0n) is 19.9. The average molecular weight is 553 g/mol. The van der Waals surface area contributed by atoms with Crippen molar-refractivity contribution in [1.82, 2.24) is 15.5 Å². The highest BCUT2D eigenvalue weighted by atomic mass is 35.5. The van der Waals surface area contributed by atoms with Gasteiger partial charge in [-0.05, 0) is 48.9 Å². The molecule has 1 atom stereocenters. The second-order valence-electron chi connectivity index (χ2n) is 8.15. The van der Waals surface area contributed by atoms with E-state index in [1.165, 1.54) is 18.3 Å². The topological polar surface area (TPSA) is 167 Å². The Morgan fingerprint density at radius 3 is 2.61 bits per heavy atom. The lowest BCUT2D eigenvalue weighted by molar-refractivity contribution is 0.0950. The zero-order chi connectivity index (χ0) is 26.5. The minimum absolute atomic E-state index is 0. The van der Waals surface area contributed by atoms with Crippen LogP contribution in [0.3, 0.4) is 0 Å². The van der Waals surface area contributed by atoms with Crippen molar-refractivity contribution in [1.29, 1.82) is 5.26 Å². The summed E-state index contributed by atoms with van der Waals surface area (Å²) in [5, 5.41) is 29.7. The molecule has 5 N–H and O–H groups in total. The Balaban J connectivity index is 0.00000400. The van der Waals surface area contributed by atoms with Crippen molar-refractivity contribution < 1.29 is 19.2 Å². The van der Waals surface area contributed by atoms with Crippen LogP contribution in [0.1, 0.15) is 33.4 Å². The highest BCUT2D eigenvalue weighted by Gasteiger charge is 2.21. The number of nitrogens with two attached hydrogens (primary N) is 1. The number of halogens is 2. The lowest BCUT2D eigenvalue weighted by Gasteiger charge is -2.15. The number of anilines is 1. The first-order chi connectivity index (χ1) is 17.8. The van der Waals surface area contributed by atoms with Gasteiger partial charge in [-0.1, -0.05) is 28.9 Å². The van der Waals surface area contributed by atoms with Crippen molar-refractivity contribution in [2.75, 3.05) is 11.9 Å². The molecule has 0 spiro atoms. The molecule has 2 amide bonds. The molecule has 10 nitrogen and oxygen atoms in total. The van der Waals surface area contributed by atoms with E-state index in [-0.39, 0.29) is 52.9 Å². The molecule has 0 aliphatic carbocycles. The molecule has 0 saturated carbocycles. The lowest BCUT2D eigenvalue weighted by atomic mass is 9.96. The Morgan fingerprint density at radius 2 is 1.95 bits per heavy atom. The van der Waals surface area contributed by atoms with E-state index in [1.54, 1.807) is 49.4 Å². The Morgan fingerprint density at radius 1 is 1.16 bits per heavy atom. The molecule has 0 fully saturated rings. The number of benzene rings is 2. The fraction of sp³-hybridized carbons (Fsp3) is 0.115. The van der Waals surface area contributed by atoms with Gasteiger partial charge in [-0.25, -0.2) is 4.98 Å². The smallest absolute Gasteiger partial charge is 0.295 e. The molecule has 0 unspecified atom stereocenters. The average Bonchev–Trinajstić information content (AvgIpc) is 3.42. The van der Waals surface area contributed by atoms with Gasteiger partial charge in [0.1, 0.15) is 17.4 Å². The number of hydrogen-bond acceptors (Lipinski definition) is 8. The first-order valence-corrected chi connectivity index (χ1v) is 11.4. The predicted molar refractivity (Wildman–Crippen MR) is 144 cm³/mol. The molecule has 2 aromatic heterocycles. The van der Waals surface area contributed by atoms with E-state index in [0.29, 0.717) is 33.8 Å². The van der Waals surface area contributed by atoms with Crippen LogP contribution >= 0.6 is 24.0 Å². The van der Waals surface area contributed by atoms with Crippen molar-refractivity contribution in [3.05, 3.63) is 82.7 Å². The molecule has 0 saturated heterocycles. The van der Waals surface area contributed by atoms with Crippen LogP contribution in [-0.4, -0.2) is 39.6 Å². The van der Waals surface area contributed by atoms with Crippen LogP contribution in [-0.2, 0) is 0 Å². The maximum absolute atomic E-state index is 12.7. The van der Waals surface area contributed by atoms with Crippen LogP contribution in [0.5, 0.6) is 5.75 Å². The number of pyridine rings is 1. The quantitative estimate of drug-likeness (QED) is 0.262. The van der Waals surface area contributed by atoms with Crippen LogP contribution in [0, 0.1) is 11.3 Å². The number of nitrogens with one attached hydrogen (secondary N) is 2. The molecular weight excluding hydrogens is 531 g/mol. The minimum Gasteiger partial charge on any atom is -0.507 e. The third-order valence-electron chi connectivity index (χ3n) is 5.28. The van der Waals surface area contributed by atoms with Crippen molar-refractivity contribution in [2.45, 2.75) is 13.0 Å². The molecule has 2 heterocycles. The van der Waals surface area contributed by atoms with Crippen LogP contribution in [0.2, 0.25) is 5.02 Å². The van der Waals surface area contributed by atoms with Gasteiger partial charge in [0.25, 0.3) is 11.8 Å². The fourth-order valence-electron chi connectivity index (χ4n) is 3.52. The van der Waals surface area contributed by atoms with Gasteiger partial charge in [0.2, 0.25) is 5.76 Å². The van der Waals surface area contributed by atoms with E-state index in [4.69, 9.17) is 21.9 Å². The number of nitrogens with zero attached hydrogens (tertiary/aromatic N) is 3. The molecule has 2 aromatic carbocycles. The van der Waals surface area contributed by atoms with E-state index in [0.717, 1.165) is 0 Å². The molecular formula is C26H22Cl2N6O4. The first-order valence-electron chi connectivity index (χ1n) is 11.1. The van der Waals surface area contributed by atoms with Gasteiger partial charge in [-0.3, -0.25) is 9.59 Å². The number of nitriles is 1. The number of aromatic hydroxyl groups is 1. The maximum atomic E-state index is 12.7. The predicted octanol–water partition coefficient (Wildman–Crippen LogP) is 4.39. The summed E-state index contributed by atoms with van der Waals surface area (Å²) in [5.41, 5.74) is 7.57. The number of aromatic nitrogens is 2. The summed E-state index contributed by atoms with van der Waals surface area (Å²) >= 11 is 5.99. The Hall–Kier alpha value is -4.43. The van der Waals surface area contributed by atoms with Gasteiger partial charge in [0.05, 0.1) is 11.9 Å². The number of phenolic OH excluding ortho intramolecular Hbond substituents is 1. The molecule has 38 heavy (non-hydrogen) atoms. The van der Waals surface area contributed by atoms with Crippen molar-refractivity contribution in [3.8, 4) is 34.2 Å². The number of carbonyl (C=O) groups is 2. The lowest BCUT2D eigenvalue weighted by Crippen LogP contribution is -2.35. The minimum atomic E-state index is -0.672. The summed E-state index contributed by atoms with van der Waals surface area (Å²) < 4.78 is 4.90. The van der Waals surface area contributed by atoms with Crippen LogP contribution in [0.15, 0.2) is 65.3 Å². The normalized spacial score (nSPS) is 11.1. The zero-order valence-corrected chi connectivity index (χ0v) is 21.5. The SMILES string of the molecule is C[C@H](N)CNC(=O)c1cccc(-c2cc(-c3ccc(Cl)cc3O)nc(NC(=O)c3ccno3)c2C#N)c1.Cl. The number of amides is 2. The number of carbonyl (C=O) groups excluding carboxylic acids is 2. The molecule has 194 valence electrons. The molecule has 0 aliphatic rings. The van der Waals surface area contributed by atoms with E-state index >= 15 is 0 Å². The van der Waals surface area contributed by atoms with E-state index in [1.807, 2.05) is 0 Å². The largest absolute Gasteiger partial charge is 0.507 e. The van der Waals surface area contributed by atoms with Crippen LogP contribution in [0.4, 0.5) is 5.82 Å². The standard InChI is InChI=1S/C26H21ClN6O4.ClH/c1-14(29)13-30-25(35)16-4-2-3-15(9-16)19-11-21(18-6-5-17(27)10-22(18)34)32-24(20(19)12-28)33-26(36)23-7-8-31-37-23;/h2-11,14,34H,13,29H2,1H3,(H,30,35)(H,32,33,36);1H/t14-;/m0./s1. The van der Waals surface area contributed by atoms with Crippen LogP contribution < -0.4 is 16.4 Å². The van der Waals surface area contributed by atoms with Gasteiger partial charge >= 0.3 is 0 Å². The summed E-state index contributed by atoms with van der Waals surface area (Å²) in [7, 11) is 0. The Labute approximate surface area is 228 Å². The molecule has 4 aromatic rings. The van der Waals surface area contributed by atoms with Gasteiger partial charge in [0.15, 0.2) is 5.82 Å². The van der Waals surface area contributed by atoms with Crippen molar-refractivity contribution in [2.24, 2.45) is 5.73 Å². The number of phenols is 1. The highest BCUT2D eigenvalue weighted by Crippen LogP contribution is 2.36. The van der Waals surface area contributed by atoms with Crippen molar-refractivity contribution in [3.63, 3.8) is 0 Å². The van der Waals surface area contributed by atoms with Crippen molar-refractivity contribution >= 4 is 41.6 Å². The number of rotatable bonds is 7.